The molecule has 0 amide bonds. The molecule has 1 unspecified atom stereocenters. The topological polar surface area (TPSA) is 99.9 Å². The fourth-order valence-electron chi connectivity index (χ4n) is 1.55. The van der Waals surface area contributed by atoms with E-state index in [1.54, 1.807) is 16.9 Å². The molecule has 0 aliphatic carbocycles. The summed E-state index contributed by atoms with van der Waals surface area (Å²) in [5.74, 6) is 0. The lowest BCUT2D eigenvalue weighted by atomic mass is 10.2. The molecule has 100 valence electrons. The van der Waals surface area contributed by atoms with Gasteiger partial charge in [-0.15, -0.1) is 5.10 Å². The first kappa shape index (κ1) is 13.4. The maximum atomic E-state index is 10.6. The maximum Gasteiger partial charge on any atom is 0.270 e. The van der Waals surface area contributed by atoms with Crippen LogP contribution in [-0.4, -0.2) is 19.9 Å². The smallest absolute Gasteiger partial charge is 0.270 e. The van der Waals surface area contributed by atoms with Crippen molar-refractivity contribution in [2.24, 2.45) is 5.73 Å². The van der Waals surface area contributed by atoms with Gasteiger partial charge in [-0.3, -0.25) is 10.1 Å². The molecule has 0 spiro atoms. The molecule has 2 rings (SSSR count). The molecule has 1 heterocycles. The molecule has 0 saturated heterocycles. The highest BCUT2D eigenvalue weighted by atomic mass is 35.5. The number of nitro groups is 1. The molecule has 19 heavy (non-hydrogen) atoms. The molecule has 7 nitrogen and oxygen atoms in total. The van der Waals surface area contributed by atoms with Crippen molar-refractivity contribution in [3.63, 3.8) is 0 Å². The number of nitro benzene ring substituents is 1. The second-order valence-corrected chi connectivity index (χ2v) is 4.57. The molecule has 0 fully saturated rings. The summed E-state index contributed by atoms with van der Waals surface area (Å²) in [6, 6.07) is 4.14. The molecule has 2 aromatic rings. The fraction of sp³-hybridized carbons (Fsp3) is 0.273. The molecule has 0 bridgehead atoms. The zero-order chi connectivity index (χ0) is 14.0. The first-order valence-electron chi connectivity index (χ1n) is 5.56. The maximum absolute atomic E-state index is 10.6. The number of halogens is 1. The minimum absolute atomic E-state index is 0.0383. The van der Waals surface area contributed by atoms with Crippen LogP contribution in [-0.2, 0) is 6.54 Å². The lowest BCUT2D eigenvalue weighted by Gasteiger charge is -2.03. The molecule has 0 radical (unpaired) electrons. The Morgan fingerprint density at radius 2 is 2.32 bits per heavy atom. The van der Waals surface area contributed by atoms with Gasteiger partial charge in [0.05, 0.1) is 28.4 Å². The van der Waals surface area contributed by atoms with Crippen molar-refractivity contribution < 1.29 is 4.92 Å². The SMILES string of the molecule is CC(N)c1cn(Cc2ccc([N+](=O)[O-])cc2Cl)nn1. The van der Waals surface area contributed by atoms with E-state index in [0.717, 1.165) is 5.56 Å². The monoisotopic (exact) mass is 281 g/mol. The van der Waals surface area contributed by atoms with E-state index in [4.69, 9.17) is 17.3 Å². The predicted octanol–water partition coefficient (Wildman–Crippen LogP) is 1.91. The fourth-order valence-corrected chi connectivity index (χ4v) is 1.79. The van der Waals surface area contributed by atoms with Crippen molar-refractivity contribution in [3.05, 3.63) is 50.8 Å². The van der Waals surface area contributed by atoms with Gasteiger partial charge in [-0.2, -0.15) is 0 Å². The second kappa shape index (κ2) is 5.33. The van der Waals surface area contributed by atoms with Gasteiger partial charge < -0.3 is 5.73 Å². The number of nitrogens with two attached hydrogens (primary N) is 1. The van der Waals surface area contributed by atoms with E-state index in [1.165, 1.54) is 12.1 Å². The Hall–Kier alpha value is -1.99. The van der Waals surface area contributed by atoms with E-state index in [1.807, 2.05) is 6.92 Å². The van der Waals surface area contributed by atoms with Gasteiger partial charge in [0.2, 0.25) is 0 Å². The van der Waals surface area contributed by atoms with Crippen molar-refractivity contribution >= 4 is 17.3 Å². The molecule has 1 aromatic heterocycles. The van der Waals surface area contributed by atoms with Crippen LogP contribution in [0.1, 0.15) is 24.2 Å². The Kier molecular flexibility index (Phi) is 3.77. The van der Waals surface area contributed by atoms with Crippen molar-refractivity contribution in [2.45, 2.75) is 19.5 Å². The van der Waals surface area contributed by atoms with Gasteiger partial charge in [0.25, 0.3) is 5.69 Å². The Morgan fingerprint density at radius 1 is 1.58 bits per heavy atom. The van der Waals surface area contributed by atoms with Crippen LogP contribution in [0.2, 0.25) is 5.02 Å². The second-order valence-electron chi connectivity index (χ2n) is 4.16. The lowest BCUT2D eigenvalue weighted by Crippen LogP contribution is -2.05. The van der Waals surface area contributed by atoms with Crippen molar-refractivity contribution in [1.82, 2.24) is 15.0 Å². The number of non-ortho nitro benzene ring substituents is 1. The summed E-state index contributed by atoms with van der Waals surface area (Å²) in [7, 11) is 0. The number of hydrogen-bond donors (Lipinski definition) is 1. The average molecular weight is 282 g/mol. The normalized spacial score (nSPS) is 12.4. The van der Waals surface area contributed by atoms with Crippen LogP contribution in [0.15, 0.2) is 24.4 Å². The van der Waals surface area contributed by atoms with Gasteiger partial charge in [-0.05, 0) is 18.6 Å². The van der Waals surface area contributed by atoms with Crippen LogP contribution in [0.3, 0.4) is 0 Å². The summed E-state index contributed by atoms with van der Waals surface area (Å²) in [6.07, 6.45) is 1.72. The number of rotatable bonds is 4. The quantitative estimate of drug-likeness (QED) is 0.681. The van der Waals surface area contributed by atoms with Crippen molar-refractivity contribution in [3.8, 4) is 0 Å². The Bertz CT molecular complexity index is 611. The molecular formula is C11H12ClN5O2. The molecule has 2 N–H and O–H groups in total. The molecule has 1 aromatic carbocycles. The summed E-state index contributed by atoms with van der Waals surface area (Å²) in [5.41, 5.74) is 7.06. The third kappa shape index (κ3) is 3.07. The van der Waals surface area contributed by atoms with E-state index in [2.05, 4.69) is 10.3 Å². The zero-order valence-corrected chi connectivity index (χ0v) is 10.9. The highest BCUT2D eigenvalue weighted by Crippen LogP contribution is 2.23. The molecule has 8 heteroatoms. The van der Waals surface area contributed by atoms with Gasteiger partial charge in [0.1, 0.15) is 0 Å². The Balaban J connectivity index is 2.20. The summed E-state index contributed by atoms with van der Waals surface area (Å²) >= 11 is 6.00. The van der Waals surface area contributed by atoms with Gasteiger partial charge in [0.15, 0.2) is 0 Å². The van der Waals surface area contributed by atoms with Crippen LogP contribution < -0.4 is 5.73 Å². The largest absolute Gasteiger partial charge is 0.323 e. The number of hydrogen-bond acceptors (Lipinski definition) is 5. The Labute approximate surface area is 114 Å². The summed E-state index contributed by atoms with van der Waals surface area (Å²) < 4.78 is 1.59. The van der Waals surface area contributed by atoms with E-state index < -0.39 is 4.92 Å². The van der Waals surface area contributed by atoms with Gasteiger partial charge in [-0.25, -0.2) is 4.68 Å². The first-order valence-corrected chi connectivity index (χ1v) is 5.93. The van der Waals surface area contributed by atoms with Crippen LogP contribution in [0.5, 0.6) is 0 Å². The summed E-state index contributed by atoms with van der Waals surface area (Å²) in [6.45, 7) is 2.20. The first-order chi connectivity index (χ1) is 8.97. The van der Waals surface area contributed by atoms with Crippen molar-refractivity contribution in [1.29, 1.82) is 0 Å². The van der Waals surface area contributed by atoms with E-state index in [0.29, 0.717) is 17.3 Å². The third-order valence-electron chi connectivity index (χ3n) is 2.60. The van der Waals surface area contributed by atoms with Crippen molar-refractivity contribution in [2.75, 3.05) is 0 Å². The zero-order valence-electron chi connectivity index (χ0n) is 10.2. The van der Waals surface area contributed by atoms with Crippen LogP contribution in [0.4, 0.5) is 5.69 Å². The molecule has 0 saturated carbocycles. The van der Waals surface area contributed by atoms with Gasteiger partial charge >= 0.3 is 0 Å². The van der Waals surface area contributed by atoms with E-state index in [9.17, 15) is 10.1 Å². The summed E-state index contributed by atoms with van der Waals surface area (Å²) in [5, 5.41) is 18.8. The van der Waals surface area contributed by atoms with Gasteiger partial charge in [0, 0.05) is 18.2 Å². The standard InChI is InChI=1S/C11H12ClN5O2/c1-7(13)11-6-16(15-14-11)5-8-2-3-9(17(18)19)4-10(8)12/h2-4,6-7H,5,13H2,1H3. The summed E-state index contributed by atoms with van der Waals surface area (Å²) in [4.78, 5) is 10.1. The average Bonchev–Trinajstić information content (AvgIpc) is 2.80. The van der Waals surface area contributed by atoms with E-state index in [-0.39, 0.29) is 11.7 Å². The van der Waals surface area contributed by atoms with Gasteiger partial charge in [-0.1, -0.05) is 16.8 Å². The number of aromatic nitrogens is 3. The number of nitrogens with zero attached hydrogens (tertiary/aromatic N) is 4. The minimum atomic E-state index is -0.487. The highest BCUT2D eigenvalue weighted by Gasteiger charge is 2.11. The minimum Gasteiger partial charge on any atom is -0.323 e. The Morgan fingerprint density at radius 3 is 2.84 bits per heavy atom. The third-order valence-corrected chi connectivity index (χ3v) is 2.95. The lowest BCUT2D eigenvalue weighted by molar-refractivity contribution is -0.384. The molecule has 1 atom stereocenters. The van der Waals surface area contributed by atoms with Crippen LogP contribution in [0.25, 0.3) is 0 Å². The van der Waals surface area contributed by atoms with Crippen LogP contribution in [0, 0.1) is 10.1 Å². The molecule has 0 aliphatic rings. The van der Waals surface area contributed by atoms with Crippen LogP contribution >= 0.6 is 11.6 Å². The number of benzene rings is 1. The molecular weight excluding hydrogens is 270 g/mol. The predicted molar refractivity (Wildman–Crippen MR) is 69.8 cm³/mol. The molecule has 0 aliphatic heterocycles. The highest BCUT2D eigenvalue weighted by molar-refractivity contribution is 6.31. The van der Waals surface area contributed by atoms with E-state index >= 15 is 0 Å².